The zero-order valence-corrected chi connectivity index (χ0v) is 16.4. The number of hydrogen-bond acceptors (Lipinski definition) is 3. The molecule has 0 saturated heterocycles. The van der Waals surface area contributed by atoms with Crippen LogP contribution in [0.5, 0.6) is 11.5 Å². The average molecular weight is 433 g/mol. The molecule has 0 heterocycles. The predicted octanol–water partition coefficient (Wildman–Crippen LogP) is 6.07. The van der Waals surface area contributed by atoms with Crippen LogP contribution in [0.1, 0.15) is 12.8 Å². The van der Waals surface area contributed by atoms with Crippen LogP contribution in [0.2, 0.25) is 10.0 Å². The summed E-state index contributed by atoms with van der Waals surface area (Å²) in [5.74, 6) is 3.52. The minimum absolute atomic E-state index is 0.121. The molecule has 24 heavy (non-hydrogen) atoms. The molecule has 0 saturated carbocycles. The Morgan fingerprint density at radius 1 is 1.00 bits per heavy atom. The Bertz CT molecular complexity index is 604. The molecule has 3 nitrogen and oxygen atoms in total. The summed E-state index contributed by atoms with van der Waals surface area (Å²) in [6.45, 7) is 1.60. The van der Waals surface area contributed by atoms with Crippen molar-refractivity contribution in [1.29, 1.82) is 0 Å². The molecule has 0 unspecified atom stereocenters. The molecular weight excluding hydrogens is 417 g/mol. The highest BCUT2D eigenvalue weighted by Crippen LogP contribution is 2.39. The van der Waals surface area contributed by atoms with Gasteiger partial charge in [-0.3, -0.25) is 0 Å². The van der Waals surface area contributed by atoms with Gasteiger partial charge in [-0.05, 0) is 42.7 Å². The quantitative estimate of drug-likeness (QED) is 0.332. The minimum Gasteiger partial charge on any atom is -0.492 e. The van der Waals surface area contributed by atoms with Crippen LogP contribution >= 0.6 is 58.0 Å². The fourth-order valence-electron chi connectivity index (χ4n) is 1.57. The van der Waals surface area contributed by atoms with E-state index in [1.54, 1.807) is 12.1 Å². The number of rotatable bonds is 10. The van der Waals surface area contributed by atoms with Crippen molar-refractivity contribution in [2.45, 2.75) is 12.8 Å². The van der Waals surface area contributed by atoms with Crippen LogP contribution in [0.3, 0.4) is 0 Å². The summed E-state index contributed by atoms with van der Waals surface area (Å²) in [6, 6.07) is 3.37. The van der Waals surface area contributed by atoms with Crippen LogP contribution in [0, 0.1) is 11.3 Å². The SMILES string of the molecule is ClC#CCOCCCCOc1ccc(OCC=C(Cl)Cl)c(Cl)c1Cl. The van der Waals surface area contributed by atoms with Gasteiger partial charge in [0.2, 0.25) is 0 Å². The highest BCUT2D eigenvalue weighted by atomic mass is 35.5. The number of unbranched alkanes of at least 4 members (excludes halogenated alkanes) is 1. The Morgan fingerprint density at radius 3 is 2.25 bits per heavy atom. The summed E-state index contributed by atoms with van der Waals surface area (Å²) in [5, 5.41) is 2.81. The van der Waals surface area contributed by atoms with Crippen molar-refractivity contribution in [2.24, 2.45) is 0 Å². The Morgan fingerprint density at radius 2 is 1.62 bits per heavy atom. The summed E-state index contributed by atoms with van der Waals surface area (Å²) in [4.78, 5) is 0. The van der Waals surface area contributed by atoms with Gasteiger partial charge in [-0.25, -0.2) is 0 Å². The lowest BCUT2D eigenvalue weighted by atomic mass is 10.3. The Labute approximate surface area is 166 Å². The molecule has 0 aliphatic heterocycles. The highest BCUT2D eigenvalue weighted by Gasteiger charge is 2.12. The maximum Gasteiger partial charge on any atom is 0.140 e. The van der Waals surface area contributed by atoms with E-state index >= 15 is 0 Å². The Hall–Kier alpha value is -0.470. The summed E-state index contributed by atoms with van der Waals surface area (Å²) in [7, 11) is 0. The maximum absolute atomic E-state index is 6.18. The third-order valence-electron chi connectivity index (χ3n) is 2.67. The maximum atomic E-state index is 6.18. The van der Waals surface area contributed by atoms with Gasteiger partial charge in [0.05, 0.1) is 6.61 Å². The molecule has 1 aromatic carbocycles. The number of hydrogen-bond donors (Lipinski definition) is 0. The van der Waals surface area contributed by atoms with Crippen molar-refractivity contribution in [3.63, 3.8) is 0 Å². The molecule has 132 valence electrons. The second-order valence-corrected chi connectivity index (χ2v) is 6.33. The largest absolute Gasteiger partial charge is 0.492 e. The summed E-state index contributed by atoms with van der Waals surface area (Å²) in [6.07, 6.45) is 3.14. The van der Waals surface area contributed by atoms with Crippen molar-refractivity contribution in [3.8, 4) is 22.8 Å². The van der Waals surface area contributed by atoms with E-state index in [1.165, 1.54) is 6.08 Å². The molecule has 0 atom stereocenters. The van der Waals surface area contributed by atoms with E-state index in [0.29, 0.717) is 36.3 Å². The predicted molar refractivity (Wildman–Crippen MR) is 101 cm³/mol. The molecule has 0 aromatic heterocycles. The molecule has 0 radical (unpaired) electrons. The molecule has 0 bridgehead atoms. The molecule has 0 aliphatic rings. The van der Waals surface area contributed by atoms with Crippen LogP contribution in [-0.2, 0) is 4.74 Å². The number of ether oxygens (including phenoxy) is 3. The van der Waals surface area contributed by atoms with Crippen LogP contribution in [0.15, 0.2) is 22.7 Å². The van der Waals surface area contributed by atoms with Crippen LogP contribution in [0.4, 0.5) is 0 Å². The zero-order chi connectivity index (χ0) is 17.8. The van der Waals surface area contributed by atoms with Crippen molar-refractivity contribution in [2.75, 3.05) is 26.4 Å². The van der Waals surface area contributed by atoms with Crippen LogP contribution in [-0.4, -0.2) is 26.4 Å². The molecule has 0 amide bonds. The zero-order valence-electron chi connectivity index (χ0n) is 12.6. The number of halogens is 5. The first-order valence-electron chi connectivity index (χ1n) is 6.97. The monoisotopic (exact) mass is 430 g/mol. The topological polar surface area (TPSA) is 27.7 Å². The van der Waals surface area contributed by atoms with Gasteiger partial charge in [-0.2, -0.15) is 0 Å². The van der Waals surface area contributed by atoms with E-state index in [4.69, 9.17) is 72.2 Å². The summed E-state index contributed by atoms with van der Waals surface area (Å²) in [5.41, 5.74) is 0. The first kappa shape index (κ1) is 21.6. The first-order chi connectivity index (χ1) is 11.6. The standard InChI is InChI=1S/C16H15Cl5O3/c17-7-3-9-22-8-1-2-10-23-12-4-5-13(16(21)15(12)20)24-11-6-14(18)19/h4-6H,1-2,8-11H2. The molecule has 1 aromatic rings. The summed E-state index contributed by atoms with van der Waals surface area (Å²) >= 11 is 28.6. The fourth-order valence-corrected chi connectivity index (χ4v) is 2.17. The fraction of sp³-hybridized carbons (Fsp3) is 0.375. The van der Waals surface area contributed by atoms with E-state index in [0.717, 1.165) is 12.8 Å². The molecule has 0 spiro atoms. The summed E-state index contributed by atoms with van der Waals surface area (Å²) < 4.78 is 16.4. The van der Waals surface area contributed by atoms with Gasteiger partial charge in [0.1, 0.15) is 39.2 Å². The second-order valence-electron chi connectivity index (χ2n) is 4.37. The van der Waals surface area contributed by atoms with E-state index in [9.17, 15) is 0 Å². The van der Waals surface area contributed by atoms with Crippen LogP contribution in [0.25, 0.3) is 0 Å². The molecule has 1 rings (SSSR count). The van der Waals surface area contributed by atoms with E-state index in [-0.39, 0.29) is 16.1 Å². The Kier molecular flexibility index (Phi) is 11.5. The lowest BCUT2D eigenvalue weighted by molar-refractivity contribution is 0.156. The van der Waals surface area contributed by atoms with Gasteiger partial charge in [0.15, 0.2) is 0 Å². The van der Waals surface area contributed by atoms with Crippen molar-refractivity contribution in [3.05, 3.63) is 32.7 Å². The van der Waals surface area contributed by atoms with Crippen molar-refractivity contribution < 1.29 is 14.2 Å². The third kappa shape index (κ3) is 8.58. The minimum atomic E-state index is 0.121. The van der Waals surface area contributed by atoms with E-state index in [2.05, 4.69) is 11.3 Å². The normalized spacial score (nSPS) is 9.88. The Balaban J connectivity index is 2.39. The molecular formula is C16H15Cl5O3. The van der Waals surface area contributed by atoms with Gasteiger partial charge < -0.3 is 14.2 Å². The van der Waals surface area contributed by atoms with Gasteiger partial charge in [0, 0.05) is 12.0 Å². The van der Waals surface area contributed by atoms with E-state index < -0.39 is 0 Å². The smallest absolute Gasteiger partial charge is 0.140 e. The first-order valence-corrected chi connectivity index (χ1v) is 8.86. The molecule has 8 heteroatoms. The lowest BCUT2D eigenvalue weighted by Crippen LogP contribution is -2.02. The highest BCUT2D eigenvalue weighted by molar-refractivity contribution is 6.55. The average Bonchev–Trinajstić information content (AvgIpc) is 2.55. The van der Waals surface area contributed by atoms with Gasteiger partial charge in [-0.1, -0.05) is 52.3 Å². The lowest BCUT2D eigenvalue weighted by Gasteiger charge is -2.12. The van der Waals surface area contributed by atoms with Crippen molar-refractivity contribution in [1.82, 2.24) is 0 Å². The van der Waals surface area contributed by atoms with E-state index in [1.807, 2.05) is 0 Å². The molecule has 0 N–H and O–H groups in total. The van der Waals surface area contributed by atoms with Crippen LogP contribution < -0.4 is 9.47 Å². The van der Waals surface area contributed by atoms with Gasteiger partial charge in [-0.15, -0.1) is 0 Å². The number of benzene rings is 1. The third-order valence-corrected chi connectivity index (χ3v) is 3.96. The van der Waals surface area contributed by atoms with Gasteiger partial charge >= 0.3 is 0 Å². The van der Waals surface area contributed by atoms with Crippen molar-refractivity contribution >= 4 is 58.0 Å². The molecule has 0 aliphatic carbocycles. The van der Waals surface area contributed by atoms with Gasteiger partial charge in [0.25, 0.3) is 0 Å². The molecule has 0 fully saturated rings. The second kappa shape index (κ2) is 12.8.